The first-order valence-electron chi connectivity index (χ1n) is 4.25. The fourth-order valence-electron chi connectivity index (χ4n) is 0.855. The van der Waals surface area contributed by atoms with Crippen LogP contribution in [0.25, 0.3) is 0 Å². The van der Waals surface area contributed by atoms with Gasteiger partial charge in [0.1, 0.15) is 12.2 Å². The quantitative estimate of drug-likeness (QED) is 0.761. The molecule has 74 valence electrons. The van der Waals surface area contributed by atoms with Gasteiger partial charge in [0.2, 0.25) is 0 Å². The number of thioether (sulfide) groups is 1. The summed E-state index contributed by atoms with van der Waals surface area (Å²) >= 11 is 1.77. The summed E-state index contributed by atoms with van der Waals surface area (Å²) in [4.78, 5) is 4.11. The Morgan fingerprint density at radius 3 is 3.00 bits per heavy atom. The number of aryl methyl sites for hydroxylation is 1. The fraction of sp³-hybridized carbons (Fsp3) is 0.750. The second-order valence-electron chi connectivity index (χ2n) is 3.10. The van der Waals surface area contributed by atoms with Crippen LogP contribution in [0.2, 0.25) is 0 Å². The largest absolute Gasteiger partial charge is 0.396 e. The maximum absolute atomic E-state index is 8.80. The zero-order valence-corrected chi connectivity index (χ0v) is 8.79. The number of aliphatic hydroxyl groups is 1. The molecule has 1 atom stereocenters. The number of rotatable bonds is 5. The molecule has 0 aliphatic heterocycles. The molecule has 0 radical (unpaired) electrons. The van der Waals surface area contributed by atoms with Crippen LogP contribution in [0.4, 0.5) is 0 Å². The Hall–Kier alpha value is -0.550. The van der Waals surface area contributed by atoms with Crippen LogP contribution >= 0.6 is 11.8 Å². The van der Waals surface area contributed by atoms with Gasteiger partial charge >= 0.3 is 0 Å². The molecule has 4 nitrogen and oxygen atoms in total. The van der Waals surface area contributed by atoms with E-state index in [4.69, 9.17) is 5.11 Å². The monoisotopic (exact) mass is 201 g/mol. The van der Waals surface area contributed by atoms with Crippen molar-refractivity contribution in [3.8, 4) is 0 Å². The number of nitrogens with zero attached hydrogens (tertiary/aromatic N) is 3. The Labute approximate surface area is 82.4 Å². The summed E-state index contributed by atoms with van der Waals surface area (Å²) in [6.07, 6.45) is 1.56. The zero-order chi connectivity index (χ0) is 9.68. The van der Waals surface area contributed by atoms with E-state index in [9.17, 15) is 0 Å². The molecule has 1 aromatic rings. The molecule has 0 saturated heterocycles. The normalized spacial score (nSPS) is 13.2. The third kappa shape index (κ3) is 3.36. The molecule has 1 unspecified atom stereocenters. The SMILES string of the molecule is CC(CO)CSCc1ncnn1C. The third-order valence-electron chi connectivity index (χ3n) is 1.75. The van der Waals surface area contributed by atoms with E-state index < -0.39 is 0 Å². The molecular formula is C8H15N3OS. The molecule has 1 heterocycles. The summed E-state index contributed by atoms with van der Waals surface area (Å²) in [5.74, 6) is 3.16. The molecular weight excluding hydrogens is 186 g/mol. The Morgan fingerprint density at radius 1 is 1.69 bits per heavy atom. The van der Waals surface area contributed by atoms with Crippen LogP contribution in [0.1, 0.15) is 12.7 Å². The Bertz CT molecular complexity index is 251. The molecule has 5 heteroatoms. The van der Waals surface area contributed by atoms with Gasteiger partial charge in [0.05, 0.1) is 5.75 Å². The Balaban J connectivity index is 2.24. The van der Waals surface area contributed by atoms with E-state index in [0.29, 0.717) is 5.92 Å². The lowest BCUT2D eigenvalue weighted by molar-refractivity contribution is 0.250. The molecule has 0 bridgehead atoms. The summed E-state index contributed by atoms with van der Waals surface area (Å²) < 4.78 is 1.77. The van der Waals surface area contributed by atoms with Crippen molar-refractivity contribution < 1.29 is 5.11 Å². The van der Waals surface area contributed by atoms with Gasteiger partial charge < -0.3 is 5.11 Å². The zero-order valence-electron chi connectivity index (χ0n) is 7.97. The molecule has 1 N–H and O–H groups in total. The number of aliphatic hydroxyl groups excluding tert-OH is 1. The first-order valence-corrected chi connectivity index (χ1v) is 5.41. The minimum absolute atomic E-state index is 0.256. The van der Waals surface area contributed by atoms with Crippen molar-refractivity contribution in [2.75, 3.05) is 12.4 Å². The van der Waals surface area contributed by atoms with E-state index in [1.165, 1.54) is 0 Å². The van der Waals surface area contributed by atoms with Crippen LogP contribution in [0.3, 0.4) is 0 Å². The van der Waals surface area contributed by atoms with Crippen LogP contribution in [0.15, 0.2) is 6.33 Å². The van der Waals surface area contributed by atoms with E-state index in [1.807, 2.05) is 14.0 Å². The summed E-state index contributed by atoms with van der Waals surface area (Å²) in [6, 6.07) is 0. The van der Waals surface area contributed by atoms with Gasteiger partial charge in [-0.2, -0.15) is 16.9 Å². The van der Waals surface area contributed by atoms with Gasteiger partial charge in [-0.25, -0.2) is 4.98 Å². The molecule has 0 aliphatic carbocycles. The van der Waals surface area contributed by atoms with Crippen LogP contribution in [-0.2, 0) is 12.8 Å². The maximum atomic E-state index is 8.80. The lowest BCUT2D eigenvalue weighted by atomic mass is 10.2. The molecule has 1 aromatic heterocycles. The predicted molar refractivity (Wildman–Crippen MR) is 53.4 cm³/mol. The second kappa shape index (κ2) is 5.24. The second-order valence-corrected chi connectivity index (χ2v) is 4.13. The van der Waals surface area contributed by atoms with Crippen LogP contribution in [0, 0.1) is 5.92 Å². The number of hydrogen-bond donors (Lipinski definition) is 1. The summed E-state index contributed by atoms with van der Waals surface area (Å²) in [7, 11) is 1.89. The Kier molecular flexibility index (Phi) is 4.24. The summed E-state index contributed by atoms with van der Waals surface area (Å²) in [5.41, 5.74) is 0. The minimum atomic E-state index is 0.256. The van der Waals surface area contributed by atoms with Crippen molar-refractivity contribution in [1.82, 2.24) is 14.8 Å². The average Bonchev–Trinajstić information content (AvgIpc) is 2.52. The molecule has 0 fully saturated rings. The number of aromatic nitrogens is 3. The molecule has 0 spiro atoms. The fourth-order valence-corrected chi connectivity index (χ4v) is 1.92. The van der Waals surface area contributed by atoms with Crippen molar-refractivity contribution in [2.45, 2.75) is 12.7 Å². The van der Waals surface area contributed by atoms with E-state index in [2.05, 4.69) is 10.1 Å². The van der Waals surface area contributed by atoms with Crippen LogP contribution < -0.4 is 0 Å². The van der Waals surface area contributed by atoms with Crippen LogP contribution in [-0.4, -0.2) is 32.2 Å². The first kappa shape index (κ1) is 10.5. The molecule has 0 aromatic carbocycles. The summed E-state index contributed by atoms with van der Waals surface area (Å²) in [6.45, 7) is 2.29. The van der Waals surface area contributed by atoms with Crippen molar-refractivity contribution >= 4 is 11.8 Å². The predicted octanol–water partition coefficient (Wildman–Crippen LogP) is 0.677. The van der Waals surface area contributed by atoms with Crippen molar-refractivity contribution in [2.24, 2.45) is 13.0 Å². The van der Waals surface area contributed by atoms with Crippen LogP contribution in [0.5, 0.6) is 0 Å². The summed E-state index contributed by atoms with van der Waals surface area (Å²) in [5, 5.41) is 12.8. The van der Waals surface area contributed by atoms with E-state index in [-0.39, 0.29) is 6.61 Å². The lowest BCUT2D eigenvalue weighted by Crippen LogP contribution is -2.05. The van der Waals surface area contributed by atoms with Gasteiger partial charge in [0.25, 0.3) is 0 Å². The highest BCUT2D eigenvalue weighted by molar-refractivity contribution is 7.98. The van der Waals surface area contributed by atoms with Gasteiger partial charge in [-0.3, -0.25) is 4.68 Å². The number of hydrogen-bond acceptors (Lipinski definition) is 4. The molecule has 0 aliphatic rings. The topological polar surface area (TPSA) is 50.9 Å². The van der Waals surface area contributed by atoms with Gasteiger partial charge in [-0.05, 0) is 11.7 Å². The minimum Gasteiger partial charge on any atom is -0.396 e. The smallest absolute Gasteiger partial charge is 0.138 e. The highest BCUT2D eigenvalue weighted by Crippen LogP contribution is 2.12. The van der Waals surface area contributed by atoms with Gasteiger partial charge in [-0.15, -0.1) is 0 Å². The molecule has 0 amide bonds. The van der Waals surface area contributed by atoms with E-state index >= 15 is 0 Å². The van der Waals surface area contributed by atoms with E-state index in [0.717, 1.165) is 17.3 Å². The molecule has 13 heavy (non-hydrogen) atoms. The standard InChI is InChI=1S/C8H15N3OS/c1-7(3-12)4-13-5-8-9-6-10-11(8)2/h6-7,12H,3-5H2,1-2H3. The maximum Gasteiger partial charge on any atom is 0.138 e. The highest BCUT2D eigenvalue weighted by atomic mass is 32.2. The first-order chi connectivity index (χ1) is 6.24. The Morgan fingerprint density at radius 2 is 2.46 bits per heavy atom. The van der Waals surface area contributed by atoms with Gasteiger partial charge in [0.15, 0.2) is 0 Å². The van der Waals surface area contributed by atoms with Crippen molar-refractivity contribution in [1.29, 1.82) is 0 Å². The van der Waals surface area contributed by atoms with E-state index in [1.54, 1.807) is 22.8 Å². The van der Waals surface area contributed by atoms with Crippen molar-refractivity contribution in [3.05, 3.63) is 12.2 Å². The average molecular weight is 201 g/mol. The van der Waals surface area contributed by atoms with Gasteiger partial charge in [-0.1, -0.05) is 6.92 Å². The molecule has 0 saturated carbocycles. The third-order valence-corrected chi connectivity index (χ3v) is 3.02. The lowest BCUT2D eigenvalue weighted by Gasteiger charge is -2.06. The molecule has 1 rings (SSSR count). The highest BCUT2D eigenvalue weighted by Gasteiger charge is 2.03. The van der Waals surface area contributed by atoms with Gasteiger partial charge in [0, 0.05) is 13.7 Å². The van der Waals surface area contributed by atoms with Crippen molar-refractivity contribution in [3.63, 3.8) is 0 Å².